The van der Waals surface area contributed by atoms with E-state index in [4.69, 9.17) is 5.26 Å². The van der Waals surface area contributed by atoms with Gasteiger partial charge in [0.15, 0.2) is 5.65 Å². The number of hydrogen-bond donors (Lipinski definition) is 2. The molecule has 158 valence electrons. The molecule has 2 N–H and O–H groups in total. The van der Waals surface area contributed by atoms with Crippen LogP contribution in [0, 0.1) is 11.3 Å². The number of fused-ring (bicyclic) bond motifs is 1. The average molecular weight is 417 g/mol. The van der Waals surface area contributed by atoms with Crippen LogP contribution < -0.4 is 11.2 Å². The van der Waals surface area contributed by atoms with Crippen LogP contribution in [0.1, 0.15) is 43.5 Å². The van der Waals surface area contributed by atoms with E-state index in [-0.39, 0.29) is 11.2 Å². The van der Waals surface area contributed by atoms with E-state index in [1.54, 1.807) is 22.9 Å². The maximum Gasteiger partial charge on any atom is 0.332 e. The molecule has 0 aliphatic rings. The lowest BCUT2D eigenvalue weighted by molar-refractivity contribution is 0.555. The zero-order valence-electron chi connectivity index (χ0n) is 17.5. The lowest BCUT2D eigenvalue weighted by atomic mass is 10.1. The molecule has 9 nitrogen and oxygen atoms in total. The van der Waals surface area contributed by atoms with E-state index in [0.717, 1.165) is 23.2 Å². The number of hydrogen-bond acceptors (Lipinski definition) is 5. The molecule has 0 saturated carbocycles. The van der Waals surface area contributed by atoms with Gasteiger partial charge in [-0.3, -0.25) is 19.0 Å². The first kappa shape index (κ1) is 20.3. The Kier molecular flexibility index (Phi) is 5.54. The first-order valence-corrected chi connectivity index (χ1v) is 10.3. The van der Waals surface area contributed by atoms with Crippen molar-refractivity contribution in [3.8, 4) is 17.5 Å². The molecule has 0 bridgehead atoms. The van der Waals surface area contributed by atoms with Crippen LogP contribution in [0.5, 0.6) is 0 Å². The van der Waals surface area contributed by atoms with Crippen LogP contribution in [0.15, 0.2) is 40.1 Å². The molecule has 0 spiro atoms. The molecule has 0 radical (unpaired) electrons. The molecule has 0 aliphatic heterocycles. The zero-order valence-corrected chi connectivity index (χ0v) is 17.5. The van der Waals surface area contributed by atoms with Gasteiger partial charge in [0.1, 0.15) is 11.3 Å². The monoisotopic (exact) mass is 417 g/mol. The largest absolute Gasteiger partial charge is 0.332 e. The number of aromatic amines is 2. The third kappa shape index (κ3) is 3.68. The van der Waals surface area contributed by atoms with Crippen LogP contribution in [0.25, 0.3) is 22.6 Å². The lowest BCUT2D eigenvalue weighted by Crippen LogP contribution is -2.40. The quantitative estimate of drug-likeness (QED) is 0.478. The summed E-state index contributed by atoms with van der Waals surface area (Å²) in [6, 6.07) is 9.41. The summed E-state index contributed by atoms with van der Waals surface area (Å²) >= 11 is 0. The molecule has 0 unspecified atom stereocenters. The summed E-state index contributed by atoms with van der Waals surface area (Å²) in [6.07, 6.45) is 3.69. The standard InChI is InChI=1S/C22H23N7O2/c1-3-9-28-20-18(21(30)29(10-4-2)22(28)31)25-19(26-20)16-13-24-27-17(16)11-14-5-7-15(12-23)8-6-14/h5-8,13H,3-4,9-11H2,1-2H3,(H,24,27)(H,25,26). The third-order valence-electron chi connectivity index (χ3n) is 5.18. The van der Waals surface area contributed by atoms with Crippen molar-refractivity contribution in [1.29, 1.82) is 5.26 Å². The second-order valence-electron chi connectivity index (χ2n) is 7.41. The second kappa shape index (κ2) is 8.44. The molecular weight excluding hydrogens is 394 g/mol. The topological polar surface area (TPSA) is 125 Å². The Labute approximate surface area is 178 Å². The summed E-state index contributed by atoms with van der Waals surface area (Å²) < 4.78 is 2.83. The first-order chi connectivity index (χ1) is 15.1. The van der Waals surface area contributed by atoms with Gasteiger partial charge in [0.2, 0.25) is 0 Å². The van der Waals surface area contributed by atoms with Crippen molar-refractivity contribution >= 4 is 11.2 Å². The van der Waals surface area contributed by atoms with Crippen molar-refractivity contribution in [2.75, 3.05) is 0 Å². The minimum atomic E-state index is -0.356. The highest BCUT2D eigenvalue weighted by molar-refractivity contribution is 5.76. The Balaban J connectivity index is 1.81. The molecule has 0 aliphatic carbocycles. The minimum Gasteiger partial charge on any atom is -0.332 e. The molecule has 4 aromatic rings. The second-order valence-corrected chi connectivity index (χ2v) is 7.41. The Bertz CT molecular complexity index is 1380. The van der Waals surface area contributed by atoms with E-state index in [0.29, 0.717) is 48.5 Å². The van der Waals surface area contributed by atoms with E-state index in [2.05, 4.69) is 26.2 Å². The van der Waals surface area contributed by atoms with Gasteiger partial charge in [0.05, 0.1) is 22.9 Å². The third-order valence-corrected chi connectivity index (χ3v) is 5.18. The Morgan fingerprint density at radius 1 is 1.06 bits per heavy atom. The molecule has 31 heavy (non-hydrogen) atoms. The summed E-state index contributed by atoms with van der Waals surface area (Å²) in [5.74, 6) is 0.489. The van der Waals surface area contributed by atoms with Crippen LogP contribution in [0.4, 0.5) is 0 Å². The molecule has 3 heterocycles. The number of nitrogens with one attached hydrogen (secondary N) is 2. The van der Waals surface area contributed by atoms with E-state index >= 15 is 0 Å². The normalized spacial score (nSPS) is 11.1. The van der Waals surface area contributed by atoms with Crippen LogP contribution in [0.2, 0.25) is 0 Å². The predicted octanol–water partition coefficient (Wildman–Crippen LogP) is 2.56. The fourth-order valence-electron chi connectivity index (χ4n) is 3.69. The molecule has 0 atom stereocenters. The molecule has 9 heteroatoms. The van der Waals surface area contributed by atoms with Gasteiger partial charge in [-0.1, -0.05) is 26.0 Å². The molecule has 0 fully saturated rings. The van der Waals surface area contributed by atoms with Gasteiger partial charge < -0.3 is 4.98 Å². The van der Waals surface area contributed by atoms with E-state index < -0.39 is 0 Å². The molecule has 3 aromatic heterocycles. The smallest absolute Gasteiger partial charge is 0.332 e. The summed E-state index contributed by atoms with van der Waals surface area (Å²) in [5.41, 5.74) is 3.08. The van der Waals surface area contributed by atoms with Gasteiger partial charge >= 0.3 is 5.69 Å². The van der Waals surface area contributed by atoms with E-state index in [1.165, 1.54) is 4.57 Å². The fourth-order valence-corrected chi connectivity index (χ4v) is 3.69. The SMILES string of the molecule is CCCn1c(=O)c2[nH]c(-c3c[nH]nc3Cc3ccc(C#N)cc3)nc2n(CCC)c1=O. The molecule has 4 rings (SSSR count). The van der Waals surface area contributed by atoms with Gasteiger partial charge in [0.25, 0.3) is 5.56 Å². The van der Waals surface area contributed by atoms with Gasteiger partial charge in [-0.05, 0) is 30.5 Å². The molecular formula is C22H23N7O2. The van der Waals surface area contributed by atoms with E-state index in [1.807, 2.05) is 26.0 Å². The van der Waals surface area contributed by atoms with Crippen LogP contribution in [-0.4, -0.2) is 29.3 Å². The van der Waals surface area contributed by atoms with Crippen molar-refractivity contribution in [2.24, 2.45) is 0 Å². The zero-order chi connectivity index (χ0) is 22.0. The highest BCUT2D eigenvalue weighted by Gasteiger charge is 2.19. The number of nitrogens with zero attached hydrogens (tertiary/aromatic N) is 5. The summed E-state index contributed by atoms with van der Waals surface area (Å²) in [4.78, 5) is 33.6. The highest BCUT2D eigenvalue weighted by Crippen LogP contribution is 2.23. The summed E-state index contributed by atoms with van der Waals surface area (Å²) in [5, 5.41) is 16.2. The molecule has 1 aromatic carbocycles. The van der Waals surface area contributed by atoms with Crippen LogP contribution in [0.3, 0.4) is 0 Å². The molecule has 0 amide bonds. The first-order valence-electron chi connectivity index (χ1n) is 10.3. The van der Waals surface area contributed by atoms with Gasteiger partial charge in [-0.25, -0.2) is 9.78 Å². The number of aromatic nitrogens is 6. The number of H-pyrrole nitrogens is 2. The van der Waals surface area contributed by atoms with Crippen molar-refractivity contribution in [3.05, 3.63) is 68.1 Å². The van der Waals surface area contributed by atoms with Crippen molar-refractivity contribution < 1.29 is 0 Å². The summed E-state index contributed by atoms with van der Waals surface area (Å²) in [7, 11) is 0. The maximum atomic E-state index is 12.9. The Morgan fingerprint density at radius 2 is 1.77 bits per heavy atom. The van der Waals surface area contributed by atoms with Gasteiger partial charge in [0, 0.05) is 25.7 Å². The van der Waals surface area contributed by atoms with Gasteiger partial charge in [-0.15, -0.1) is 0 Å². The van der Waals surface area contributed by atoms with Crippen molar-refractivity contribution in [2.45, 2.75) is 46.2 Å². The van der Waals surface area contributed by atoms with E-state index in [9.17, 15) is 9.59 Å². The van der Waals surface area contributed by atoms with Gasteiger partial charge in [-0.2, -0.15) is 10.4 Å². The minimum absolute atomic E-state index is 0.321. The highest BCUT2D eigenvalue weighted by atomic mass is 16.2. The van der Waals surface area contributed by atoms with Crippen LogP contribution in [-0.2, 0) is 19.5 Å². The van der Waals surface area contributed by atoms with Crippen LogP contribution >= 0.6 is 0 Å². The number of aryl methyl sites for hydroxylation is 1. The number of imidazole rings is 1. The Hall–Kier alpha value is -3.93. The maximum absolute atomic E-state index is 12.9. The number of rotatable bonds is 7. The van der Waals surface area contributed by atoms with Crippen molar-refractivity contribution in [3.63, 3.8) is 0 Å². The Morgan fingerprint density at radius 3 is 2.45 bits per heavy atom. The van der Waals surface area contributed by atoms with Crippen molar-refractivity contribution in [1.82, 2.24) is 29.3 Å². The summed E-state index contributed by atoms with van der Waals surface area (Å²) in [6.45, 7) is 4.75. The molecule has 0 saturated heterocycles. The fraction of sp³-hybridized carbons (Fsp3) is 0.318. The number of benzene rings is 1. The number of nitriles is 1. The lowest BCUT2D eigenvalue weighted by Gasteiger charge is -2.09. The predicted molar refractivity (Wildman–Crippen MR) is 117 cm³/mol. The average Bonchev–Trinajstić information content (AvgIpc) is 3.42.